The summed E-state index contributed by atoms with van der Waals surface area (Å²) >= 11 is 1.55. The minimum absolute atomic E-state index is 0. The zero-order valence-electron chi connectivity index (χ0n) is 37.5. The van der Waals surface area contributed by atoms with Crippen molar-refractivity contribution in [1.29, 1.82) is 0 Å². The summed E-state index contributed by atoms with van der Waals surface area (Å²) in [6.45, 7) is 14.0. The van der Waals surface area contributed by atoms with E-state index >= 15 is 0 Å². The number of hydrogen-bond donors (Lipinski definition) is 0. The summed E-state index contributed by atoms with van der Waals surface area (Å²) in [5.41, 5.74) is 16.2. The Balaban J connectivity index is 0.000000223. The molecule has 0 aromatic heterocycles. The van der Waals surface area contributed by atoms with E-state index in [-0.39, 0.29) is 23.2 Å². The van der Waals surface area contributed by atoms with Gasteiger partial charge in [0, 0.05) is 0 Å². The van der Waals surface area contributed by atoms with Crippen LogP contribution < -0.4 is 12.4 Å². The number of hydrogen-bond acceptors (Lipinski definition) is 0. The third kappa shape index (κ3) is 10.7. The van der Waals surface area contributed by atoms with E-state index in [0.717, 1.165) is 19.3 Å². The van der Waals surface area contributed by atoms with E-state index in [4.69, 9.17) is 0 Å². The molecule has 0 saturated carbocycles. The molecule has 0 bridgehead atoms. The number of halogens is 1. The van der Waals surface area contributed by atoms with Crippen LogP contribution in [-0.2, 0) is 54.3 Å². The van der Waals surface area contributed by atoms with Gasteiger partial charge in [0.2, 0.25) is 0 Å². The van der Waals surface area contributed by atoms with Crippen LogP contribution in [0.5, 0.6) is 0 Å². The molecular weight excluding hydrogens is 859 g/mol. The Bertz CT molecular complexity index is 2730. The fourth-order valence-corrected chi connectivity index (χ4v) is 9.82. The van der Waals surface area contributed by atoms with E-state index in [2.05, 4.69) is 211 Å². The molecule has 63 heavy (non-hydrogen) atoms. The standard InChI is InChI=1S/C41H37.C15H14.C5H5.ClH.Zr/c1-40(2,3)38-24-34-28(22-36(38)32-19-11-15-26-13-7-9-17-30(26)32)21-29-23-37(39(25-35(29)34)41(4,5)6)33-20-12-16-27-14-8-10-18-31(27)33;1-3-8-14(9-4-1)12-7-13-15-10-5-2-6-11-15;1-2-4-5-3-1;;/h7-20,22,24-25H,21H2,1-6H3;1-6,8-11H,12-13H2;1-5H;1H;/q-1;;-1;;/p-1. The third-order valence-electron chi connectivity index (χ3n) is 11.9. The summed E-state index contributed by atoms with van der Waals surface area (Å²) in [7, 11) is 0. The van der Waals surface area contributed by atoms with Crippen LogP contribution in [-0.4, -0.2) is 3.21 Å². The Morgan fingerprint density at radius 3 is 1.49 bits per heavy atom. The average molecular weight is 916 g/mol. The van der Waals surface area contributed by atoms with Gasteiger partial charge < -0.3 is 12.4 Å². The summed E-state index contributed by atoms with van der Waals surface area (Å²) in [4.78, 5) is 0. The summed E-state index contributed by atoms with van der Waals surface area (Å²) in [6.07, 6.45) is 3.15. The molecule has 9 aromatic carbocycles. The third-order valence-corrected chi connectivity index (χ3v) is 12.8. The Morgan fingerprint density at radius 2 is 0.968 bits per heavy atom. The van der Waals surface area contributed by atoms with E-state index < -0.39 is 0 Å². The molecule has 0 heterocycles. The summed E-state index contributed by atoms with van der Waals surface area (Å²) in [5, 5.41) is 5.17. The van der Waals surface area contributed by atoms with Crippen LogP contribution in [0.25, 0.3) is 54.9 Å². The van der Waals surface area contributed by atoms with E-state index in [9.17, 15) is 0 Å². The molecule has 9 aromatic rings. The molecule has 0 atom stereocenters. The maximum absolute atomic E-state index is 4.00. The quantitative estimate of drug-likeness (QED) is 0.146. The van der Waals surface area contributed by atoms with Crippen molar-refractivity contribution in [3.63, 3.8) is 0 Å². The van der Waals surface area contributed by atoms with Crippen molar-refractivity contribution in [3.8, 4) is 33.4 Å². The number of rotatable bonds is 6. The molecule has 314 valence electrons. The molecule has 0 nitrogen and oxygen atoms in total. The van der Waals surface area contributed by atoms with Gasteiger partial charge in [-0.2, -0.15) is 18.2 Å². The second-order valence-electron chi connectivity index (χ2n) is 18.6. The summed E-state index contributed by atoms with van der Waals surface area (Å²) in [5.74, 6) is 0. The van der Waals surface area contributed by atoms with Crippen LogP contribution >= 0.6 is 0 Å². The van der Waals surface area contributed by atoms with Crippen molar-refractivity contribution in [2.45, 2.75) is 71.6 Å². The maximum Gasteiger partial charge on any atom is -0.172 e. The minimum atomic E-state index is -0.0175. The molecule has 1 aliphatic carbocycles. The first-order valence-corrected chi connectivity index (χ1v) is 23.2. The number of fused-ring (bicyclic) bond motifs is 5. The van der Waals surface area contributed by atoms with E-state index in [1.807, 2.05) is 30.3 Å². The first-order chi connectivity index (χ1) is 29.9. The average Bonchev–Trinajstić information content (AvgIpc) is 3.98. The van der Waals surface area contributed by atoms with Gasteiger partial charge in [-0.25, -0.2) is 12.1 Å². The monoisotopic (exact) mass is 913 g/mol. The van der Waals surface area contributed by atoms with E-state index in [1.54, 1.807) is 27.4 Å². The summed E-state index contributed by atoms with van der Waals surface area (Å²) in [6, 6.07) is 73.8. The van der Waals surface area contributed by atoms with Gasteiger partial charge in [0.1, 0.15) is 0 Å². The van der Waals surface area contributed by atoms with Gasteiger partial charge in [-0.05, 0) is 55.7 Å². The molecule has 0 unspecified atom stereocenters. The van der Waals surface area contributed by atoms with Crippen LogP contribution in [0.1, 0.15) is 74.9 Å². The predicted octanol–water partition coefficient (Wildman–Crippen LogP) is 12.9. The van der Waals surface area contributed by atoms with E-state index in [0.29, 0.717) is 0 Å². The minimum Gasteiger partial charge on any atom is -0.214 e. The van der Waals surface area contributed by atoms with Crippen molar-refractivity contribution in [3.05, 3.63) is 234 Å². The smallest absolute Gasteiger partial charge is 0.172 e. The second-order valence-corrected chi connectivity index (χ2v) is 20.4. The van der Waals surface area contributed by atoms with Gasteiger partial charge in [0.25, 0.3) is 0 Å². The van der Waals surface area contributed by atoms with Crippen molar-refractivity contribution < 1.29 is 36.6 Å². The van der Waals surface area contributed by atoms with E-state index in [1.165, 1.54) is 88.3 Å². The van der Waals surface area contributed by atoms with Crippen LogP contribution in [0.15, 0.2) is 194 Å². The van der Waals surface area contributed by atoms with Crippen LogP contribution in [0.4, 0.5) is 0 Å². The topological polar surface area (TPSA) is 0 Å². The zero-order chi connectivity index (χ0) is 43.3. The molecule has 0 fully saturated rings. The fraction of sp³-hybridized carbons (Fsp3) is 0.180. The molecule has 0 radical (unpaired) electrons. The van der Waals surface area contributed by atoms with Crippen molar-refractivity contribution >= 4 is 24.8 Å². The largest absolute Gasteiger partial charge is 0.214 e. The van der Waals surface area contributed by atoms with Crippen LogP contribution in [0.2, 0.25) is 0 Å². The number of benzene rings is 8. The first kappa shape index (κ1) is 45.7. The fourth-order valence-electron chi connectivity index (χ4n) is 8.82. The SMILES string of the molecule is CC(C)(C)c1cc2c([c-]c1-c1cccc3ccccc13)Cc1cc(-c3cccc4ccccc34)c(C(C)(C)C)cc1-2.[Cl-].[Zr]=[C](Cc1ccccc1)Cc1ccccc1.c1cc[cH-]c1. The first-order valence-electron chi connectivity index (χ1n) is 22.0. The van der Waals surface area contributed by atoms with Gasteiger partial charge in [-0.3, -0.25) is 0 Å². The molecule has 10 rings (SSSR count). The van der Waals surface area contributed by atoms with Gasteiger partial charge in [0.15, 0.2) is 0 Å². The zero-order valence-corrected chi connectivity index (χ0v) is 40.7. The van der Waals surface area contributed by atoms with Gasteiger partial charge in [-0.15, -0.1) is 28.8 Å². The molecule has 0 amide bonds. The van der Waals surface area contributed by atoms with Crippen molar-refractivity contribution in [2.75, 3.05) is 0 Å². The Hall–Kier alpha value is -5.33. The normalized spacial score (nSPS) is 11.6. The molecule has 0 N–H and O–H groups in total. The van der Waals surface area contributed by atoms with Crippen LogP contribution in [0, 0.1) is 6.07 Å². The second kappa shape index (κ2) is 20.0. The van der Waals surface area contributed by atoms with Crippen LogP contribution in [0.3, 0.4) is 0 Å². The maximum atomic E-state index is 4.00. The molecule has 1 aliphatic rings. The van der Waals surface area contributed by atoms with Gasteiger partial charge in [0.05, 0.1) is 0 Å². The predicted molar refractivity (Wildman–Crippen MR) is 264 cm³/mol. The summed E-state index contributed by atoms with van der Waals surface area (Å²) < 4.78 is 1.60. The molecule has 0 aliphatic heterocycles. The Labute approximate surface area is 397 Å². The molecule has 0 saturated heterocycles. The van der Waals surface area contributed by atoms with Gasteiger partial charge in [-0.1, -0.05) is 161 Å². The van der Waals surface area contributed by atoms with Gasteiger partial charge >= 0.3 is 112 Å². The van der Waals surface area contributed by atoms with Crippen molar-refractivity contribution in [2.24, 2.45) is 0 Å². The Morgan fingerprint density at radius 1 is 0.492 bits per heavy atom. The van der Waals surface area contributed by atoms with Crippen molar-refractivity contribution in [1.82, 2.24) is 0 Å². The Kier molecular flexibility index (Phi) is 14.5. The molecule has 0 spiro atoms. The molecule has 2 heteroatoms. The molecular formula is C61H56ClZr-3.